The molecule has 5 heteroatoms. The number of aromatic hydroxyl groups is 1. The van der Waals surface area contributed by atoms with E-state index in [1.807, 2.05) is 0 Å². The summed E-state index contributed by atoms with van der Waals surface area (Å²) in [6.45, 7) is 0. The van der Waals surface area contributed by atoms with E-state index in [0.29, 0.717) is 11.3 Å². The topological polar surface area (TPSA) is 92.0 Å². The SMILES string of the molecule is NC(=O)c1cn[nH]c1-c1ccccc1O. The number of primary amides is 1. The average Bonchev–Trinajstić information content (AvgIpc) is 2.67. The smallest absolute Gasteiger partial charge is 0.252 e. The predicted molar refractivity (Wildman–Crippen MR) is 54.2 cm³/mol. The largest absolute Gasteiger partial charge is 0.507 e. The lowest BCUT2D eigenvalue weighted by Crippen LogP contribution is -2.11. The molecule has 0 unspecified atom stereocenters. The molecule has 76 valence electrons. The Kier molecular flexibility index (Phi) is 2.13. The Morgan fingerprint density at radius 1 is 1.40 bits per heavy atom. The minimum atomic E-state index is -0.581. The van der Waals surface area contributed by atoms with Crippen LogP contribution in [0.4, 0.5) is 0 Å². The van der Waals surface area contributed by atoms with E-state index in [9.17, 15) is 9.90 Å². The second-order valence-corrected chi connectivity index (χ2v) is 3.04. The van der Waals surface area contributed by atoms with Crippen LogP contribution in [0.2, 0.25) is 0 Å². The molecular weight excluding hydrogens is 194 g/mol. The summed E-state index contributed by atoms with van der Waals surface area (Å²) < 4.78 is 0. The molecule has 0 saturated heterocycles. The van der Waals surface area contributed by atoms with Crippen molar-refractivity contribution in [3.8, 4) is 17.0 Å². The summed E-state index contributed by atoms with van der Waals surface area (Å²) in [4.78, 5) is 11.0. The highest BCUT2D eigenvalue weighted by molar-refractivity contribution is 5.99. The van der Waals surface area contributed by atoms with Gasteiger partial charge in [0.05, 0.1) is 17.5 Å². The molecule has 0 aliphatic carbocycles. The van der Waals surface area contributed by atoms with Crippen molar-refractivity contribution in [2.75, 3.05) is 0 Å². The number of hydrogen-bond acceptors (Lipinski definition) is 3. The number of rotatable bonds is 2. The number of aromatic amines is 1. The first-order valence-electron chi connectivity index (χ1n) is 4.31. The molecule has 1 amide bonds. The molecular formula is C10H9N3O2. The van der Waals surface area contributed by atoms with Crippen molar-refractivity contribution in [3.63, 3.8) is 0 Å². The second kappa shape index (κ2) is 3.45. The summed E-state index contributed by atoms with van der Waals surface area (Å²) in [5.41, 5.74) is 6.36. The van der Waals surface area contributed by atoms with Crippen LogP contribution in [-0.2, 0) is 0 Å². The first kappa shape index (κ1) is 9.26. The molecule has 0 radical (unpaired) electrons. The van der Waals surface area contributed by atoms with Crippen molar-refractivity contribution < 1.29 is 9.90 Å². The molecule has 0 aliphatic rings. The van der Waals surface area contributed by atoms with Crippen molar-refractivity contribution in [1.29, 1.82) is 0 Å². The van der Waals surface area contributed by atoms with Crippen LogP contribution in [0.3, 0.4) is 0 Å². The third-order valence-corrected chi connectivity index (χ3v) is 2.08. The number of nitrogens with zero attached hydrogens (tertiary/aromatic N) is 1. The minimum Gasteiger partial charge on any atom is -0.507 e. The molecule has 0 aliphatic heterocycles. The maximum absolute atomic E-state index is 11.0. The van der Waals surface area contributed by atoms with E-state index in [-0.39, 0.29) is 11.3 Å². The Hall–Kier alpha value is -2.30. The molecule has 5 nitrogen and oxygen atoms in total. The van der Waals surface area contributed by atoms with E-state index in [1.54, 1.807) is 18.2 Å². The van der Waals surface area contributed by atoms with Crippen LogP contribution in [0.5, 0.6) is 5.75 Å². The first-order chi connectivity index (χ1) is 7.20. The number of carbonyl (C=O) groups excluding carboxylic acids is 1. The molecule has 4 N–H and O–H groups in total. The van der Waals surface area contributed by atoms with E-state index in [4.69, 9.17) is 5.73 Å². The molecule has 0 atom stereocenters. The number of carbonyl (C=O) groups is 1. The normalized spacial score (nSPS) is 10.1. The Morgan fingerprint density at radius 2 is 2.13 bits per heavy atom. The third kappa shape index (κ3) is 1.54. The van der Waals surface area contributed by atoms with Gasteiger partial charge in [0.25, 0.3) is 5.91 Å². The van der Waals surface area contributed by atoms with Gasteiger partial charge in [0, 0.05) is 5.56 Å². The van der Waals surface area contributed by atoms with Crippen molar-refractivity contribution in [2.24, 2.45) is 5.73 Å². The van der Waals surface area contributed by atoms with Crippen LogP contribution in [0, 0.1) is 0 Å². The van der Waals surface area contributed by atoms with Gasteiger partial charge in [-0.15, -0.1) is 0 Å². The van der Waals surface area contributed by atoms with Gasteiger partial charge in [0.15, 0.2) is 0 Å². The lowest BCUT2D eigenvalue weighted by Gasteiger charge is -2.02. The van der Waals surface area contributed by atoms with Gasteiger partial charge in [-0.05, 0) is 12.1 Å². The van der Waals surface area contributed by atoms with E-state index in [1.165, 1.54) is 12.3 Å². The van der Waals surface area contributed by atoms with Crippen molar-refractivity contribution in [1.82, 2.24) is 10.2 Å². The van der Waals surface area contributed by atoms with Gasteiger partial charge >= 0.3 is 0 Å². The summed E-state index contributed by atoms with van der Waals surface area (Å²) in [7, 11) is 0. The summed E-state index contributed by atoms with van der Waals surface area (Å²) in [6.07, 6.45) is 1.34. The number of benzene rings is 1. The molecule has 2 rings (SSSR count). The quantitative estimate of drug-likeness (QED) is 0.676. The van der Waals surface area contributed by atoms with Crippen LogP contribution >= 0.6 is 0 Å². The number of amides is 1. The number of nitrogens with two attached hydrogens (primary N) is 1. The van der Waals surface area contributed by atoms with Gasteiger partial charge in [0.1, 0.15) is 5.75 Å². The Balaban J connectivity index is 2.59. The fourth-order valence-electron chi connectivity index (χ4n) is 1.36. The number of para-hydroxylation sites is 1. The van der Waals surface area contributed by atoms with E-state index in [2.05, 4.69) is 10.2 Å². The van der Waals surface area contributed by atoms with Gasteiger partial charge in [-0.3, -0.25) is 9.89 Å². The fraction of sp³-hybridized carbons (Fsp3) is 0. The summed E-state index contributed by atoms with van der Waals surface area (Å²) in [6, 6.07) is 6.65. The average molecular weight is 203 g/mol. The monoisotopic (exact) mass is 203 g/mol. The number of H-pyrrole nitrogens is 1. The number of hydrogen-bond donors (Lipinski definition) is 3. The Morgan fingerprint density at radius 3 is 2.80 bits per heavy atom. The highest BCUT2D eigenvalue weighted by atomic mass is 16.3. The van der Waals surface area contributed by atoms with Gasteiger partial charge in [0.2, 0.25) is 0 Å². The Bertz CT molecular complexity index is 505. The first-order valence-corrected chi connectivity index (χ1v) is 4.31. The van der Waals surface area contributed by atoms with Crippen LogP contribution < -0.4 is 5.73 Å². The molecule has 0 saturated carbocycles. The van der Waals surface area contributed by atoms with Crippen LogP contribution in [0.15, 0.2) is 30.5 Å². The van der Waals surface area contributed by atoms with Crippen LogP contribution in [0.25, 0.3) is 11.3 Å². The van der Waals surface area contributed by atoms with Crippen molar-refractivity contribution in [3.05, 3.63) is 36.0 Å². The van der Waals surface area contributed by atoms with Gasteiger partial charge < -0.3 is 10.8 Å². The van der Waals surface area contributed by atoms with Gasteiger partial charge in [-0.2, -0.15) is 5.10 Å². The lowest BCUT2D eigenvalue weighted by atomic mass is 10.1. The maximum Gasteiger partial charge on any atom is 0.252 e. The Labute approximate surface area is 85.5 Å². The molecule has 1 heterocycles. The second-order valence-electron chi connectivity index (χ2n) is 3.04. The van der Waals surface area contributed by atoms with E-state index in [0.717, 1.165) is 0 Å². The molecule has 1 aromatic heterocycles. The zero-order valence-electron chi connectivity index (χ0n) is 7.77. The fourth-order valence-corrected chi connectivity index (χ4v) is 1.36. The highest BCUT2D eigenvalue weighted by Crippen LogP contribution is 2.28. The van der Waals surface area contributed by atoms with Crippen molar-refractivity contribution >= 4 is 5.91 Å². The zero-order chi connectivity index (χ0) is 10.8. The molecule has 2 aromatic rings. The number of phenolic OH excluding ortho intramolecular Hbond substituents is 1. The molecule has 0 fully saturated rings. The number of phenols is 1. The van der Waals surface area contributed by atoms with Crippen molar-refractivity contribution in [2.45, 2.75) is 0 Å². The molecule has 1 aromatic carbocycles. The van der Waals surface area contributed by atoms with Gasteiger partial charge in [-0.1, -0.05) is 12.1 Å². The molecule has 0 spiro atoms. The summed E-state index contributed by atoms with van der Waals surface area (Å²) in [5, 5.41) is 15.9. The number of aromatic nitrogens is 2. The lowest BCUT2D eigenvalue weighted by molar-refractivity contribution is 0.100. The van der Waals surface area contributed by atoms with Crippen LogP contribution in [0.1, 0.15) is 10.4 Å². The summed E-state index contributed by atoms with van der Waals surface area (Å²) in [5.74, 6) is -0.508. The molecule has 0 bridgehead atoms. The minimum absolute atomic E-state index is 0.0734. The standard InChI is InChI=1S/C10H9N3O2/c11-10(15)7-5-12-13-9(7)6-3-1-2-4-8(6)14/h1-5,14H,(H2,11,15)(H,12,13). The predicted octanol–water partition coefficient (Wildman–Crippen LogP) is 0.881. The maximum atomic E-state index is 11.0. The van der Waals surface area contributed by atoms with E-state index < -0.39 is 5.91 Å². The number of nitrogens with one attached hydrogen (secondary N) is 1. The van der Waals surface area contributed by atoms with E-state index >= 15 is 0 Å². The van der Waals surface area contributed by atoms with Crippen LogP contribution in [-0.4, -0.2) is 21.2 Å². The zero-order valence-corrected chi connectivity index (χ0v) is 7.77. The molecule has 15 heavy (non-hydrogen) atoms. The van der Waals surface area contributed by atoms with Gasteiger partial charge in [-0.25, -0.2) is 0 Å². The third-order valence-electron chi connectivity index (χ3n) is 2.08. The highest BCUT2D eigenvalue weighted by Gasteiger charge is 2.14. The summed E-state index contributed by atoms with van der Waals surface area (Å²) >= 11 is 0.